The van der Waals surface area contributed by atoms with Crippen molar-refractivity contribution >= 4 is 34.3 Å². The lowest BCUT2D eigenvalue weighted by molar-refractivity contribution is 0.103. The Morgan fingerprint density at radius 1 is 1.21 bits per heavy atom. The molecule has 1 amide bonds. The number of nitrogens with one attached hydrogen (secondary N) is 2. The van der Waals surface area contributed by atoms with Crippen LogP contribution in [0.3, 0.4) is 0 Å². The Kier molecular flexibility index (Phi) is 5.14. The van der Waals surface area contributed by atoms with Gasteiger partial charge in [0.15, 0.2) is 0 Å². The van der Waals surface area contributed by atoms with Crippen molar-refractivity contribution in [3.8, 4) is 21.3 Å². The summed E-state index contributed by atoms with van der Waals surface area (Å²) in [5.41, 5.74) is 1.88. The number of benzene rings is 1. The van der Waals surface area contributed by atoms with Gasteiger partial charge in [-0.1, -0.05) is 25.1 Å². The molecule has 0 atom stereocenters. The van der Waals surface area contributed by atoms with Gasteiger partial charge in [-0.3, -0.25) is 9.59 Å². The number of hydrogen-bond donors (Lipinski definition) is 2. The number of hydrogen-bond acceptors (Lipinski definition) is 6. The van der Waals surface area contributed by atoms with Crippen molar-refractivity contribution in [1.82, 2.24) is 15.0 Å². The highest BCUT2D eigenvalue weighted by atomic mass is 32.1. The van der Waals surface area contributed by atoms with Crippen LogP contribution in [0.4, 0.5) is 5.69 Å². The lowest BCUT2D eigenvalue weighted by atomic mass is 10.1. The van der Waals surface area contributed by atoms with Crippen LogP contribution in [0.1, 0.15) is 22.3 Å². The zero-order chi connectivity index (χ0) is 19.5. The highest BCUT2D eigenvalue weighted by molar-refractivity contribution is 7.22. The molecule has 0 bridgehead atoms. The fourth-order valence-corrected chi connectivity index (χ4v) is 4.27. The molecule has 140 valence electrons. The Bertz CT molecular complexity index is 1180. The molecule has 4 rings (SSSR count). The van der Waals surface area contributed by atoms with Crippen LogP contribution >= 0.6 is 22.7 Å². The van der Waals surface area contributed by atoms with Gasteiger partial charge in [-0.2, -0.15) is 0 Å². The number of aromatic amines is 1. The molecule has 0 unspecified atom stereocenters. The zero-order valence-electron chi connectivity index (χ0n) is 14.9. The Morgan fingerprint density at radius 2 is 2.11 bits per heavy atom. The summed E-state index contributed by atoms with van der Waals surface area (Å²) in [6.07, 6.45) is 2.26. The van der Waals surface area contributed by atoms with Crippen molar-refractivity contribution in [2.75, 3.05) is 5.32 Å². The number of H-pyrrole nitrogens is 1. The number of aryl methyl sites for hydroxylation is 1. The van der Waals surface area contributed by atoms with Crippen LogP contribution in [0.2, 0.25) is 0 Å². The number of carbonyl (C=O) groups is 1. The van der Waals surface area contributed by atoms with Crippen LogP contribution in [0.25, 0.3) is 21.3 Å². The molecular formula is C20H16N4O2S2. The van der Waals surface area contributed by atoms with Gasteiger partial charge < -0.3 is 10.3 Å². The largest absolute Gasteiger partial charge is 0.321 e. The molecule has 2 N–H and O–H groups in total. The molecule has 0 aliphatic heterocycles. The van der Waals surface area contributed by atoms with Crippen LogP contribution in [0.5, 0.6) is 0 Å². The molecule has 6 nitrogen and oxygen atoms in total. The molecular weight excluding hydrogens is 392 g/mol. The van der Waals surface area contributed by atoms with Gasteiger partial charge in [0, 0.05) is 23.0 Å². The quantitative estimate of drug-likeness (QED) is 0.511. The first-order valence-corrected chi connectivity index (χ1v) is 10.3. The molecule has 0 saturated carbocycles. The molecule has 0 spiro atoms. The van der Waals surface area contributed by atoms with Gasteiger partial charge in [0.2, 0.25) is 0 Å². The average molecular weight is 409 g/mol. The highest BCUT2D eigenvalue weighted by Crippen LogP contribution is 2.29. The van der Waals surface area contributed by atoms with Crippen LogP contribution in [0.15, 0.2) is 58.8 Å². The van der Waals surface area contributed by atoms with Crippen molar-refractivity contribution in [3.05, 3.63) is 75.0 Å². The molecule has 0 aliphatic carbocycles. The van der Waals surface area contributed by atoms with Gasteiger partial charge >= 0.3 is 0 Å². The third-order valence-corrected chi connectivity index (χ3v) is 6.05. The molecule has 3 heterocycles. The molecule has 0 aliphatic rings. The van der Waals surface area contributed by atoms with Crippen molar-refractivity contribution in [3.63, 3.8) is 0 Å². The van der Waals surface area contributed by atoms with Crippen LogP contribution in [0, 0.1) is 0 Å². The van der Waals surface area contributed by atoms with Gasteiger partial charge in [-0.15, -0.1) is 22.7 Å². The Morgan fingerprint density at radius 3 is 2.89 bits per heavy atom. The number of thiophene rings is 1. The maximum absolute atomic E-state index is 12.6. The number of anilines is 1. The van der Waals surface area contributed by atoms with E-state index < -0.39 is 0 Å². The van der Waals surface area contributed by atoms with Crippen molar-refractivity contribution in [2.45, 2.75) is 13.3 Å². The number of nitrogens with zero attached hydrogens (tertiary/aromatic N) is 2. The van der Waals surface area contributed by atoms with Gasteiger partial charge in [-0.25, -0.2) is 9.97 Å². The minimum absolute atomic E-state index is 0.193. The van der Waals surface area contributed by atoms with E-state index in [1.54, 1.807) is 29.7 Å². The monoisotopic (exact) mass is 408 g/mol. The van der Waals surface area contributed by atoms with E-state index in [0.29, 0.717) is 22.8 Å². The topological polar surface area (TPSA) is 87.7 Å². The molecule has 8 heteroatoms. The Balaban J connectivity index is 1.56. The second kappa shape index (κ2) is 7.87. The predicted molar refractivity (Wildman–Crippen MR) is 113 cm³/mol. The summed E-state index contributed by atoms with van der Waals surface area (Å²) in [4.78, 5) is 37.5. The summed E-state index contributed by atoms with van der Waals surface area (Å²) in [7, 11) is 0. The molecule has 1 aromatic carbocycles. The molecule has 28 heavy (non-hydrogen) atoms. The summed E-state index contributed by atoms with van der Waals surface area (Å²) < 4.78 is 0. The Labute approximate surface area is 169 Å². The van der Waals surface area contributed by atoms with Gasteiger partial charge in [0.1, 0.15) is 15.7 Å². The lowest BCUT2D eigenvalue weighted by Crippen LogP contribution is -2.11. The molecule has 4 aromatic rings. The first-order chi connectivity index (χ1) is 13.6. The number of thiazole rings is 1. The SMILES string of the molecule is CCc1cc(=O)[nH]c(-c2cccc(NC(=O)c3cnc(-c4cccs4)s3)c2)n1. The minimum atomic E-state index is -0.221. The third kappa shape index (κ3) is 3.92. The van der Waals surface area contributed by atoms with Crippen molar-refractivity contribution in [2.24, 2.45) is 0 Å². The fraction of sp³-hybridized carbons (Fsp3) is 0.100. The summed E-state index contributed by atoms with van der Waals surface area (Å²) in [5, 5.41) is 5.69. The number of amides is 1. The van der Waals surface area contributed by atoms with E-state index in [1.165, 1.54) is 17.4 Å². The standard InChI is InChI=1S/C20H16N4O2S2/c1-2-13-10-17(25)24-18(22-13)12-5-3-6-14(9-12)23-19(26)16-11-21-20(28-16)15-7-4-8-27-15/h3-11H,2H2,1H3,(H,23,26)(H,22,24,25). The highest BCUT2D eigenvalue weighted by Gasteiger charge is 2.13. The minimum Gasteiger partial charge on any atom is -0.321 e. The van der Waals surface area contributed by atoms with Crippen molar-refractivity contribution in [1.29, 1.82) is 0 Å². The van der Waals surface area contributed by atoms with E-state index in [2.05, 4.69) is 20.3 Å². The summed E-state index contributed by atoms with van der Waals surface area (Å²) in [5.74, 6) is 0.263. The molecule has 0 saturated heterocycles. The van der Waals surface area contributed by atoms with Crippen LogP contribution < -0.4 is 10.9 Å². The smallest absolute Gasteiger partial charge is 0.267 e. The number of rotatable bonds is 5. The maximum atomic E-state index is 12.6. The summed E-state index contributed by atoms with van der Waals surface area (Å²) >= 11 is 2.94. The second-order valence-electron chi connectivity index (χ2n) is 5.98. The summed E-state index contributed by atoms with van der Waals surface area (Å²) in [6.45, 7) is 1.95. The summed E-state index contributed by atoms with van der Waals surface area (Å²) in [6, 6.07) is 12.7. The van der Waals surface area contributed by atoms with E-state index >= 15 is 0 Å². The van der Waals surface area contributed by atoms with E-state index in [0.717, 1.165) is 21.1 Å². The lowest BCUT2D eigenvalue weighted by Gasteiger charge is -2.07. The van der Waals surface area contributed by atoms with Crippen LogP contribution in [-0.4, -0.2) is 20.9 Å². The normalized spacial score (nSPS) is 10.8. The average Bonchev–Trinajstić information content (AvgIpc) is 3.39. The second-order valence-corrected chi connectivity index (χ2v) is 7.96. The van der Waals surface area contributed by atoms with Gasteiger partial charge in [-0.05, 0) is 30.0 Å². The van der Waals surface area contributed by atoms with E-state index in [-0.39, 0.29) is 11.5 Å². The Hall–Kier alpha value is -3.10. The third-order valence-electron chi connectivity index (χ3n) is 4.01. The van der Waals surface area contributed by atoms with E-state index in [1.807, 2.05) is 36.6 Å². The first kappa shape index (κ1) is 18.3. The fourth-order valence-electron chi connectivity index (χ4n) is 2.66. The van der Waals surface area contributed by atoms with Gasteiger partial charge in [0.25, 0.3) is 11.5 Å². The number of aromatic nitrogens is 3. The maximum Gasteiger partial charge on any atom is 0.267 e. The number of carbonyl (C=O) groups excluding carboxylic acids is 1. The van der Waals surface area contributed by atoms with Crippen LogP contribution in [-0.2, 0) is 6.42 Å². The van der Waals surface area contributed by atoms with Gasteiger partial charge in [0.05, 0.1) is 11.1 Å². The molecule has 0 radical (unpaired) electrons. The van der Waals surface area contributed by atoms with E-state index in [4.69, 9.17) is 0 Å². The van der Waals surface area contributed by atoms with Crippen molar-refractivity contribution < 1.29 is 4.79 Å². The van der Waals surface area contributed by atoms with E-state index in [9.17, 15) is 9.59 Å². The molecule has 0 fully saturated rings. The predicted octanol–water partition coefficient (Wildman–Crippen LogP) is 4.44. The molecule has 3 aromatic heterocycles. The first-order valence-electron chi connectivity index (χ1n) is 8.64. The zero-order valence-corrected chi connectivity index (χ0v) is 16.6.